The minimum absolute atomic E-state index is 0.159. The molecule has 1 atom stereocenters. The Hall–Kier alpha value is -2.71. The predicted molar refractivity (Wildman–Crippen MR) is 98.5 cm³/mol. The molecule has 1 aliphatic heterocycles. The van der Waals surface area contributed by atoms with Gasteiger partial charge in [-0.3, -0.25) is 19.5 Å². The van der Waals surface area contributed by atoms with Crippen LogP contribution in [0.1, 0.15) is 6.42 Å². The summed E-state index contributed by atoms with van der Waals surface area (Å²) >= 11 is 0. The molecule has 0 aliphatic carbocycles. The monoisotopic (exact) mass is 373 g/mol. The minimum Gasteiger partial charge on any atom is -0.490 e. The molecule has 3 rings (SSSR count). The molecule has 0 bridgehead atoms. The molecule has 2 heterocycles. The van der Waals surface area contributed by atoms with Crippen LogP contribution in [0.25, 0.3) is 10.9 Å². The first kappa shape index (κ1) is 19.1. The highest BCUT2D eigenvalue weighted by Crippen LogP contribution is 2.23. The lowest BCUT2D eigenvalue weighted by Crippen LogP contribution is -2.51. The number of benzene rings is 1. The highest BCUT2D eigenvalue weighted by molar-refractivity contribution is 5.93. The Balaban J connectivity index is 1.45. The van der Waals surface area contributed by atoms with Crippen LogP contribution in [0.4, 0.5) is 0 Å². The number of amides is 1. The summed E-state index contributed by atoms with van der Waals surface area (Å²) in [5.74, 6) is -0.794. The smallest absolute Gasteiger partial charge is 0.312 e. The lowest BCUT2D eigenvalue weighted by atomic mass is 10.2. The number of nitrogens with zero attached hydrogens (tertiary/aromatic N) is 3. The molecule has 0 spiro atoms. The summed E-state index contributed by atoms with van der Waals surface area (Å²) in [6.07, 6.45) is 0.580. The van der Waals surface area contributed by atoms with E-state index >= 15 is 0 Å². The zero-order valence-corrected chi connectivity index (χ0v) is 15.0. The molecule has 8 heteroatoms. The number of piperazine rings is 1. The number of carboxylic acid groups (broad SMARTS) is 1. The quantitative estimate of drug-likeness (QED) is 0.685. The highest BCUT2D eigenvalue weighted by atomic mass is 16.5. The van der Waals surface area contributed by atoms with Gasteiger partial charge in [-0.1, -0.05) is 6.07 Å². The van der Waals surface area contributed by atoms with Gasteiger partial charge in [0.15, 0.2) is 0 Å². The molecule has 27 heavy (non-hydrogen) atoms. The van der Waals surface area contributed by atoms with Gasteiger partial charge in [-0.15, -0.1) is 0 Å². The molecule has 2 N–H and O–H groups in total. The maximum Gasteiger partial charge on any atom is 0.312 e. The number of hydrogen-bond acceptors (Lipinski definition) is 6. The van der Waals surface area contributed by atoms with E-state index in [2.05, 4.69) is 4.98 Å². The largest absolute Gasteiger partial charge is 0.490 e. The van der Waals surface area contributed by atoms with Crippen LogP contribution >= 0.6 is 0 Å². The fourth-order valence-electron chi connectivity index (χ4n) is 3.16. The number of aliphatic hydroxyl groups excluding tert-OH is 1. The van der Waals surface area contributed by atoms with E-state index in [1.807, 2.05) is 35.2 Å². The van der Waals surface area contributed by atoms with E-state index in [9.17, 15) is 14.7 Å². The molecule has 1 aliphatic rings. The van der Waals surface area contributed by atoms with Crippen molar-refractivity contribution in [3.8, 4) is 5.75 Å². The third-order valence-corrected chi connectivity index (χ3v) is 4.53. The van der Waals surface area contributed by atoms with Crippen LogP contribution in [0.2, 0.25) is 0 Å². The van der Waals surface area contributed by atoms with Crippen LogP contribution in [-0.2, 0) is 9.59 Å². The Labute approximate surface area is 157 Å². The molecular formula is C19H23N3O5. The van der Waals surface area contributed by atoms with E-state index in [4.69, 9.17) is 9.84 Å². The van der Waals surface area contributed by atoms with Crippen molar-refractivity contribution in [1.29, 1.82) is 0 Å². The number of ether oxygens (including phenoxy) is 1. The minimum atomic E-state index is -1.11. The van der Waals surface area contributed by atoms with Gasteiger partial charge in [-0.2, -0.15) is 0 Å². The Kier molecular flexibility index (Phi) is 6.20. The van der Waals surface area contributed by atoms with Crippen molar-refractivity contribution in [2.75, 3.05) is 39.3 Å². The van der Waals surface area contributed by atoms with Crippen LogP contribution in [-0.4, -0.2) is 82.3 Å². The normalized spacial score (nSPS) is 16.3. The molecule has 2 aromatic rings. The second-order valence-electron chi connectivity index (χ2n) is 6.54. The molecular weight excluding hydrogens is 350 g/mol. The third kappa shape index (κ3) is 5.15. The molecule has 0 saturated carbocycles. The third-order valence-electron chi connectivity index (χ3n) is 4.53. The average Bonchev–Trinajstić information content (AvgIpc) is 2.66. The highest BCUT2D eigenvalue weighted by Gasteiger charge is 2.23. The fraction of sp³-hybridized carbons (Fsp3) is 0.421. The number of β-amino-alcohol motifs (C(OH)–C–C–N with tert-alkyl or cyclic N) is 1. The standard InChI is InChI=1S/C19H23N3O5/c23-14(12-21-7-9-22(10-8-21)18(24)11-19(25)26)13-27-17-5-1-4-16-15(17)3-2-6-20-16/h1-6,14,23H,7-13H2,(H,25,26)/t14-/m1/s1. The maximum absolute atomic E-state index is 11.8. The van der Waals surface area contributed by atoms with Crippen LogP contribution in [0, 0.1) is 0 Å². The van der Waals surface area contributed by atoms with Gasteiger partial charge in [0, 0.05) is 44.3 Å². The Morgan fingerprint density at radius 2 is 1.93 bits per heavy atom. The summed E-state index contributed by atoms with van der Waals surface area (Å²) in [4.78, 5) is 30.3. The summed E-state index contributed by atoms with van der Waals surface area (Å²) in [6, 6.07) is 9.39. The number of fused-ring (bicyclic) bond motifs is 1. The second kappa shape index (κ2) is 8.79. The molecule has 144 valence electrons. The SMILES string of the molecule is O=C(O)CC(=O)N1CCN(C[C@@H](O)COc2cccc3ncccc23)CC1. The van der Waals surface area contributed by atoms with Gasteiger partial charge >= 0.3 is 5.97 Å². The van der Waals surface area contributed by atoms with Gasteiger partial charge in [-0.25, -0.2) is 0 Å². The molecule has 0 unspecified atom stereocenters. The lowest BCUT2D eigenvalue weighted by molar-refractivity contribution is -0.145. The zero-order chi connectivity index (χ0) is 19.2. The maximum atomic E-state index is 11.8. The number of carbonyl (C=O) groups is 2. The van der Waals surface area contributed by atoms with Crippen LogP contribution in [0.5, 0.6) is 5.75 Å². The second-order valence-corrected chi connectivity index (χ2v) is 6.54. The molecule has 1 saturated heterocycles. The van der Waals surface area contributed by atoms with Crippen molar-refractivity contribution in [2.45, 2.75) is 12.5 Å². The first-order chi connectivity index (χ1) is 13.0. The van der Waals surface area contributed by atoms with Crippen molar-refractivity contribution in [1.82, 2.24) is 14.8 Å². The molecule has 1 aromatic carbocycles. The van der Waals surface area contributed by atoms with Crippen molar-refractivity contribution >= 4 is 22.8 Å². The Bertz CT molecular complexity index is 800. The zero-order valence-electron chi connectivity index (χ0n) is 15.0. The average molecular weight is 373 g/mol. The van der Waals surface area contributed by atoms with Crippen molar-refractivity contribution < 1.29 is 24.5 Å². The number of carboxylic acids is 1. The van der Waals surface area contributed by atoms with E-state index in [1.54, 1.807) is 11.1 Å². The number of pyridine rings is 1. The molecule has 8 nitrogen and oxygen atoms in total. The lowest BCUT2D eigenvalue weighted by Gasteiger charge is -2.35. The first-order valence-electron chi connectivity index (χ1n) is 8.89. The summed E-state index contributed by atoms with van der Waals surface area (Å²) in [5, 5.41) is 19.9. The van der Waals surface area contributed by atoms with Crippen LogP contribution < -0.4 is 4.74 Å². The predicted octanol–water partition coefficient (Wildman–Crippen LogP) is 0.593. The molecule has 0 radical (unpaired) electrons. The van der Waals surface area contributed by atoms with Gasteiger partial charge in [-0.05, 0) is 24.3 Å². The molecule has 1 fully saturated rings. The first-order valence-corrected chi connectivity index (χ1v) is 8.89. The van der Waals surface area contributed by atoms with Gasteiger partial charge in [0.1, 0.15) is 24.9 Å². The number of aromatic nitrogens is 1. The topological polar surface area (TPSA) is 103 Å². The summed E-state index contributed by atoms with van der Waals surface area (Å²) in [5.41, 5.74) is 0.839. The number of rotatable bonds is 7. The fourth-order valence-corrected chi connectivity index (χ4v) is 3.16. The Morgan fingerprint density at radius 3 is 2.67 bits per heavy atom. The number of aliphatic hydroxyl groups is 1. The molecule has 1 amide bonds. The van der Waals surface area contributed by atoms with E-state index in [0.29, 0.717) is 38.5 Å². The summed E-state index contributed by atoms with van der Waals surface area (Å²) < 4.78 is 5.78. The van der Waals surface area contributed by atoms with Crippen molar-refractivity contribution in [3.63, 3.8) is 0 Å². The van der Waals surface area contributed by atoms with Crippen molar-refractivity contribution in [2.24, 2.45) is 0 Å². The number of aliphatic carboxylic acids is 1. The van der Waals surface area contributed by atoms with E-state index < -0.39 is 18.5 Å². The summed E-state index contributed by atoms with van der Waals surface area (Å²) in [6.45, 7) is 2.72. The summed E-state index contributed by atoms with van der Waals surface area (Å²) in [7, 11) is 0. The Morgan fingerprint density at radius 1 is 1.15 bits per heavy atom. The van der Waals surface area contributed by atoms with Crippen molar-refractivity contribution in [3.05, 3.63) is 36.5 Å². The van der Waals surface area contributed by atoms with Gasteiger partial charge < -0.3 is 19.8 Å². The van der Waals surface area contributed by atoms with Crippen LogP contribution in [0.15, 0.2) is 36.5 Å². The molecule has 1 aromatic heterocycles. The van der Waals surface area contributed by atoms with E-state index in [-0.39, 0.29) is 12.5 Å². The number of hydrogen-bond donors (Lipinski definition) is 2. The van der Waals surface area contributed by atoms with Gasteiger partial charge in [0.2, 0.25) is 5.91 Å². The van der Waals surface area contributed by atoms with Gasteiger partial charge in [0.05, 0.1) is 5.52 Å². The van der Waals surface area contributed by atoms with Crippen LogP contribution in [0.3, 0.4) is 0 Å². The van der Waals surface area contributed by atoms with E-state index in [1.165, 1.54) is 0 Å². The van der Waals surface area contributed by atoms with E-state index in [0.717, 1.165) is 10.9 Å². The van der Waals surface area contributed by atoms with Gasteiger partial charge in [0.25, 0.3) is 0 Å². The number of carbonyl (C=O) groups excluding carboxylic acids is 1.